The van der Waals surface area contributed by atoms with E-state index in [9.17, 15) is 14.0 Å². The molecule has 0 aliphatic carbocycles. The van der Waals surface area contributed by atoms with E-state index in [0.29, 0.717) is 42.3 Å². The van der Waals surface area contributed by atoms with Gasteiger partial charge in [0.05, 0.1) is 11.6 Å². The summed E-state index contributed by atoms with van der Waals surface area (Å²) in [5.74, 6) is -0.126. The lowest BCUT2D eigenvalue weighted by atomic mass is 10.1. The second-order valence-corrected chi connectivity index (χ2v) is 7.65. The van der Waals surface area contributed by atoms with Crippen molar-refractivity contribution in [3.8, 4) is 5.75 Å². The third-order valence-corrected chi connectivity index (χ3v) is 5.32. The van der Waals surface area contributed by atoms with Gasteiger partial charge in [-0.05, 0) is 42.8 Å². The summed E-state index contributed by atoms with van der Waals surface area (Å²) in [6.07, 6.45) is 1.33. The maximum absolute atomic E-state index is 13.1. The Balaban J connectivity index is 1.70. The average molecular weight is 419 g/mol. The Morgan fingerprint density at radius 1 is 1.17 bits per heavy atom. The van der Waals surface area contributed by atoms with Crippen LogP contribution in [-0.2, 0) is 4.79 Å². The Bertz CT molecular complexity index is 880. The Hall–Kier alpha value is -2.60. The largest absolute Gasteiger partial charge is 0.489 e. The molecule has 2 amide bonds. The molecule has 1 aliphatic heterocycles. The normalized spacial score (nSPS) is 15.7. The molecule has 7 heteroatoms. The van der Waals surface area contributed by atoms with Crippen LogP contribution >= 0.6 is 11.6 Å². The van der Waals surface area contributed by atoms with E-state index in [1.807, 2.05) is 6.92 Å². The zero-order valence-electron chi connectivity index (χ0n) is 16.5. The predicted molar refractivity (Wildman–Crippen MR) is 110 cm³/mol. The first-order valence-corrected chi connectivity index (χ1v) is 9.99. The van der Waals surface area contributed by atoms with Crippen molar-refractivity contribution in [1.29, 1.82) is 0 Å². The molecule has 0 radical (unpaired) electrons. The molecule has 2 aromatic rings. The summed E-state index contributed by atoms with van der Waals surface area (Å²) in [5, 5.41) is 3.34. The monoisotopic (exact) mass is 418 g/mol. The van der Waals surface area contributed by atoms with Gasteiger partial charge in [-0.3, -0.25) is 9.59 Å². The highest BCUT2D eigenvalue weighted by atomic mass is 35.5. The van der Waals surface area contributed by atoms with Crippen LogP contribution in [0.5, 0.6) is 5.75 Å². The number of rotatable bonds is 5. The van der Waals surface area contributed by atoms with E-state index < -0.39 is 0 Å². The zero-order chi connectivity index (χ0) is 21.0. The molecule has 0 saturated carbocycles. The third-order valence-electron chi connectivity index (χ3n) is 5.08. The smallest absolute Gasteiger partial charge is 0.255 e. The third kappa shape index (κ3) is 5.48. The molecular formula is C22H24ClFN2O3. The first kappa shape index (κ1) is 21.1. The minimum atomic E-state index is -0.325. The molecule has 1 aliphatic rings. The number of nitrogens with zero attached hydrogens (tertiary/aromatic N) is 1. The number of likely N-dealkylation sites (tertiary alicyclic amines) is 1. The van der Waals surface area contributed by atoms with Gasteiger partial charge >= 0.3 is 0 Å². The van der Waals surface area contributed by atoms with E-state index in [1.54, 1.807) is 42.2 Å². The van der Waals surface area contributed by atoms with Crippen molar-refractivity contribution in [2.24, 2.45) is 0 Å². The van der Waals surface area contributed by atoms with Crippen LogP contribution in [0.2, 0.25) is 5.02 Å². The molecule has 0 bridgehead atoms. The van der Waals surface area contributed by atoms with Gasteiger partial charge in [0, 0.05) is 37.9 Å². The van der Waals surface area contributed by atoms with Crippen molar-refractivity contribution in [3.05, 3.63) is 64.4 Å². The lowest BCUT2D eigenvalue weighted by Gasteiger charge is -2.32. The minimum Gasteiger partial charge on any atom is -0.489 e. The van der Waals surface area contributed by atoms with Crippen molar-refractivity contribution < 1.29 is 18.7 Å². The van der Waals surface area contributed by atoms with Crippen molar-refractivity contribution in [3.63, 3.8) is 0 Å². The summed E-state index contributed by atoms with van der Waals surface area (Å²) in [4.78, 5) is 26.1. The van der Waals surface area contributed by atoms with Crippen molar-refractivity contribution in [1.82, 2.24) is 10.2 Å². The summed E-state index contributed by atoms with van der Waals surface area (Å²) in [5.41, 5.74) is 1.14. The van der Waals surface area contributed by atoms with Crippen LogP contribution in [0.4, 0.5) is 4.39 Å². The molecule has 2 aromatic carbocycles. The van der Waals surface area contributed by atoms with Crippen LogP contribution in [0.15, 0.2) is 42.5 Å². The molecule has 1 N–H and O–H groups in total. The molecular weight excluding hydrogens is 395 g/mol. The minimum absolute atomic E-state index is 0.0600. The highest BCUT2D eigenvalue weighted by molar-refractivity contribution is 6.31. The van der Waals surface area contributed by atoms with Gasteiger partial charge in [-0.2, -0.15) is 0 Å². The first-order chi connectivity index (χ1) is 13.8. The molecule has 1 saturated heterocycles. The molecule has 0 unspecified atom stereocenters. The Labute approximate surface area is 174 Å². The van der Waals surface area contributed by atoms with E-state index >= 15 is 0 Å². The molecule has 0 aromatic heterocycles. The number of carbonyl (C=O) groups is 2. The molecule has 154 valence electrons. The number of ether oxygens (including phenoxy) is 1. The second-order valence-electron chi connectivity index (χ2n) is 7.21. The highest BCUT2D eigenvalue weighted by Gasteiger charge is 2.24. The molecule has 3 rings (SSSR count). The van der Waals surface area contributed by atoms with Gasteiger partial charge < -0.3 is 15.0 Å². The van der Waals surface area contributed by atoms with Gasteiger partial charge in [0.25, 0.3) is 5.91 Å². The van der Waals surface area contributed by atoms with E-state index in [4.69, 9.17) is 16.3 Å². The SMILES string of the molecule is CC(=O)N1CCC(Oc2ccc(Cl)cc2C(=O)N[C@H](C)c2ccc(F)cc2)CC1. The van der Waals surface area contributed by atoms with Crippen molar-refractivity contribution in [2.75, 3.05) is 13.1 Å². The number of carbonyl (C=O) groups excluding carboxylic acids is 2. The second kappa shape index (κ2) is 9.27. The lowest BCUT2D eigenvalue weighted by Crippen LogP contribution is -2.40. The van der Waals surface area contributed by atoms with E-state index in [1.165, 1.54) is 12.1 Å². The number of hydrogen-bond acceptors (Lipinski definition) is 3. The summed E-state index contributed by atoms with van der Waals surface area (Å²) < 4.78 is 19.2. The summed E-state index contributed by atoms with van der Waals surface area (Å²) in [6.45, 7) is 4.66. The molecule has 5 nitrogen and oxygen atoms in total. The van der Waals surface area contributed by atoms with E-state index in [-0.39, 0.29) is 29.8 Å². The van der Waals surface area contributed by atoms with E-state index in [0.717, 1.165) is 5.56 Å². The van der Waals surface area contributed by atoms with Crippen LogP contribution in [0, 0.1) is 5.82 Å². The van der Waals surface area contributed by atoms with Gasteiger partial charge in [-0.25, -0.2) is 4.39 Å². The summed E-state index contributed by atoms with van der Waals surface area (Å²) in [6, 6.07) is 10.6. The Morgan fingerprint density at radius 2 is 1.83 bits per heavy atom. The van der Waals surface area contributed by atoms with Crippen LogP contribution in [-0.4, -0.2) is 35.9 Å². The topological polar surface area (TPSA) is 58.6 Å². The predicted octanol–water partition coefficient (Wildman–Crippen LogP) is 4.36. The van der Waals surface area contributed by atoms with Crippen LogP contribution in [0.1, 0.15) is 48.7 Å². The van der Waals surface area contributed by atoms with Crippen LogP contribution in [0.25, 0.3) is 0 Å². The zero-order valence-corrected chi connectivity index (χ0v) is 17.2. The fraction of sp³-hybridized carbons (Fsp3) is 0.364. The number of benzene rings is 2. The molecule has 1 atom stereocenters. The maximum Gasteiger partial charge on any atom is 0.255 e. The summed E-state index contributed by atoms with van der Waals surface area (Å²) in [7, 11) is 0. The lowest BCUT2D eigenvalue weighted by molar-refractivity contribution is -0.130. The van der Waals surface area contributed by atoms with Gasteiger partial charge in [-0.1, -0.05) is 23.7 Å². The first-order valence-electron chi connectivity index (χ1n) is 9.61. The number of hydrogen-bond donors (Lipinski definition) is 1. The van der Waals surface area contributed by atoms with Gasteiger partial charge in [-0.15, -0.1) is 0 Å². The fourth-order valence-electron chi connectivity index (χ4n) is 3.36. The van der Waals surface area contributed by atoms with Crippen LogP contribution < -0.4 is 10.1 Å². The van der Waals surface area contributed by atoms with E-state index in [2.05, 4.69) is 5.32 Å². The van der Waals surface area contributed by atoms with Crippen molar-refractivity contribution >= 4 is 23.4 Å². The maximum atomic E-state index is 13.1. The molecule has 1 fully saturated rings. The van der Waals surface area contributed by atoms with Crippen LogP contribution in [0.3, 0.4) is 0 Å². The van der Waals surface area contributed by atoms with Gasteiger partial charge in [0.2, 0.25) is 5.91 Å². The van der Waals surface area contributed by atoms with Crippen molar-refractivity contribution in [2.45, 2.75) is 38.8 Å². The molecule has 29 heavy (non-hydrogen) atoms. The fourth-order valence-corrected chi connectivity index (χ4v) is 3.53. The van der Waals surface area contributed by atoms with Gasteiger partial charge in [0.1, 0.15) is 17.7 Å². The average Bonchev–Trinajstić information content (AvgIpc) is 2.70. The number of piperidine rings is 1. The Kier molecular flexibility index (Phi) is 6.75. The quantitative estimate of drug-likeness (QED) is 0.784. The number of nitrogens with one attached hydrogen (secondary N) is 1. The molecule has 1 heterocycles. The highest BCUT2D eigenvalue weighted by Crippen LogP contribution is 2.27. The standard InChI is InChI=1S/C22H24ClFN2O3/c1-14(16-3-6-18(24)7-4-16)25-22(28)20-13-17(23)5-8-21(20)29-19-9-11-26(12-10-19)15(2)27/h3-8,13-14,19H,9-12H2,1-2H3,(H,25,28)/t14-/m1/s1. The van der Waals surface area contributed by atoms with Gasteiger partial charge in [0.15, 0.2) is 0 Å². The number of halogens is 2. The number of amides is 2. The Morgan fingerprint density at radius 3 is 2.45 bits per heavy atom. The summed E-state index contributed by atoms with van der Waals surface area (Å²) >= 11 is 6.11. The molecule has 0 spiro atoms.